The Bertz CT molecular complexity index is 364. The first-order chi connectivity index (χ1) is 8.02. The van der Waals surface area contributed by atoms with Crippen molar-refractivity contribution in [2.45, 2.75) is 38.8 Å². The number of nitrogens with one attached hydrogen (secondary N) is 1. The van der Waals surface area contributed by atoms with Crippen LogP contribution < -0.4 is 11.1 Å². The second kappa shape index (κ2) is 6.35. The smallest absolute Gasteiger partial charge is 0.222 e. The lowest BCUT2D eigenvalue weighted by atomic mass is 10.1. The van der Waals surface area contributed by atoms with E-state index in [0.29, 0.717) is 6.42 Å². The van der Waals surface area contributed by atoms with Gasteiger partial charge >= 0.3 is 0 Å². The maximum absolute atomic E-state index is 12.7. The molecule has 1 aromatic carbocycles. The second-order valence-corrected chi connectivity index (χ2v) is 4.21. The maximum atomic E-state index is 12.7. The molecular formula is C13H19FN2O. The largest absolute Gasteiger partial charge is 0.350 e. The van der Waals surface area contributed by atoms with Gasteiger partial charge in [0.15, 0.2) is 0 Å². The van der Waals surface area contributed by atoms with Crippen LogP contribution in [0.2, 0.25) is 0 Å². The molecule has 0 saturated heterocycles. The molecule has 0 aromatic heterocycles. The van der Waals surface area contributed by atoms with Gasteiger partial charge in [-0.2, -0.15) is 0 Å². The van der Waals surface area contributed by atoms with Gasteiger partial charge in [0.1, 0.15) is 5.82 Å². The highest BCUT2D eigenvalue weighted by Gasteiger charge is 2.12. The predicted octanol–water partition coefficient (Wildman–Crippen LogP) is 2.13. The lowest BCUT2D eigenvalue weighted by Crippen LogP contribution is -2.32. The van der Waals surface area contributed by atoms with Crippen molar-refractivity contribution >= 4 is 5.91 Å². The molecule has 4 heteroatoms. The van der Waals surface area contributed by atoms with E-state index in [1.54, 1.807) is 12.1 Å². The highest BCUT2D eigenvalue weighted by molar-refractivity contribution is 5.77. The molecule has 1 aromatic rings. The van der Waals surface area contributed by atoms with E-state index in [9.17, 15) is 9.18 Å². The zero-order valence-electron chi connectivity index (χ0n) is 10.2. The summed E-state index contributed by atoms with van der Waals surface area (Å²) in [5.41, 5.74) is 6.58. The molecule has 0 spiro atoms. The van der Waals surface area contributed by atoms with Crippen molar-refractivity contribution in [1.82, 2.24) is 5.32 Å². The zero-order valence-corrected chi connectivity index (χ0v) is 10.2. The zero-order chi connectivity index (χ0) is 12.8. The number of rotatable bonds is 5. The molecule has 1 rings (SSSR count). The van der Waals surface area contributed by atoms with Crippen molar-refractivity contribution in [3.63, 3.8) is 0 Å². The molecule has 3 nitrogen and oxygen atoms in total. The number of halogens is 1. The van der Waals surface area contributed by atoms with Crippen LogP contribution in [-0.2, 0) is 4.79 Å². The fourth-order valence-corrected chi connectivity index (χ4v) is 1.52. The van der Waals surface area contributed by atoms with E-state index in [0.717, 1.165) is 12.0 Å². The summed E-state index contributed by atoms with van der Waals surface area (Å²) < 4.78 is 12.7. The minimum absolute atomic E-state index is 0.0730. The first kappa shape index (κ1) is 13.6. The van der Waals surface area contributed by atoms with Gasteiger partial charge in [-0.1, -0.05) is 19.1 Å². The van der Waals surface area contributed by atoms with Crippen LogP contribution in [0.4, 0.5) is 4.39 Å². The third-order valence-electron chi connectivity index (χ3n) is 2.72. The van der Waals surface area contributed by atoms with Gasteiger partial charge in [0.2, 0.25) is 5.91 Å². The molecule has 0 bridgehead atoms. The van der Waals surface area contributed by atoms with Crippen LogP contribution in [0.15, 0.2) is 24.3 Å². The summed E-state index contributed by atoms with van der Waals surface area (Å²) in [6.07, 6.45) is 1.10. The predicted molar refractivity (Wildman–Crippen MR) is 65.8 cm³/mol. The summed E-state index contributed by atoms with van der Waals surface area (Å²) >= 11 is 0. The van der Waals surface area contributed by atoms with E-state index >= 15 is 0 Å². The average molecular weight is 238 g/mol. The third-order valence-corrected chi connectivity index (χ3v) is 2.72. The number of benzene rings is 1. The number of hydrogen-bond acceptors (Lipinski definition) is 2. The van der Waals surface area contributed by atoms with E-state index in [1.165, 1.54) is 12.1 Å². The molecule has 1 unspecified atom stereocenters. The van der Waals surface area contributed by atoms with Gasteiger partial charge in [-0.25, -0.2) is 4.39 Å². The van der Waals surface area contributed by atoms with Crippen LogP contribution in [0.3, 0.4) is 0 Å². The Hall–Kier alpha value is -1.42. The molecule has 3 N–H and O–H groups in total. The second-order valence-electron chi connectivity index (χ2n) is 4.21. The molecule has 0 aliphatic carbocycles. The Balaban J connectivity index is 2.51. The summed E-state index contributed by atoms with van der Waals surface area (Å²) in [7, 11) is 0. The molecule has 0 radical (unpaired) electrons. The van der Waals surface area contributed by atoms with Crippen LogP contribution in [0.5, 0.6) is 0 Å². The lowest BCUT2D eigenvalue weighted by molar-refractivity contribution is -0.122. The summed E-state index contributed by atoms with van der Waals surface area (Å²) in [5.74, 6) is -0.351. The van der Waals surface area contributed by atoms with E-state index < -0.39 is 0 Å². The van der Waals surface area contributed by atoms with Crippen LogP contribution >= 0.6 is 0 Å². The molecule has 94 valence electrons. The Morgan fingerprint density at radius 1 is 1.41 bits per heavy atom. The van der Waals surface area contributed by atoms with Crippen molar-refractivity contribution in [1.29, 1.82) is 0 Å². The first-order valence-corrected chi connectivity index (χ1v) is 5.83. The molecule has 0 aliphatic rings. The Kier molecular flexibility index (Phi) is 5.10. The fraction of sp³-hybridized carbons (Fsp3) is 0.462. The maximum Gasteiger partial charge on any atom is 0.222 e. The van der Waals surface area contributed by atoms with E-state index in [4.69, 9.17) is 5.73 Å². The van der Waals surface area contributed by atoms with Gasteiger partial charge in [0.25, 0.3) is 0 Å². The fourth-order valence-electron chi connectivity index (χ4n) is 1.52. The monoisotopic (exact) mass is 238 g/mol. The molecule has 17 heavy (non-hydrogen) atoms. The standard InChI is InChI=1S/C13H19FN2O/c1-3-12(15)8-13(17)16-9(2)10-4-6-11(14)7-5-10/h4-7,9,12H,3,8,15H2,1-2H3,(H,16,17)/t9-,12?/m1/s1. The summed E-state index contributed by atoms with van der Waals surface area (Å²) in [4.78, 5) is 11.6. The van der Waals surface area contributed by atoms with Crippen molar-refractivity contribution in [3.8, 4) is 0 Å². The molecule has 2 atom stereocenters. The first-order valence-electron chi connectivity index (χ1n) is 5.83. The molecule has 0 fully saturated rings. The number of carbonyl (C=O) groups excluding carboxylic acids is 1. The number of nitrogens with two attached hydrogens (primary N) is 1. The number of carbonyl (C=O) groups is 1. The van der Waals surface area contributed by atoms with Crippen LogP contribution in [0.25, 0.3) is 0 Å². The summed E-state index contributed by atoms with van der Waals surface area (Å²) in [6, 6.07) is 5.87. The minimum atomic E-state index is -0.278. The van der Waals surface area contributed by atoms with Crippen LogP contribution in [0.1, 0.15) is 38.3 Å². The molecular weight excluding hydrogens is 219 g/mol. The van der Waals surface area contributed by atoms with Gasteiger partial charge in [0.05, 0.1) is 6.04 Å². The number of amides is 1. The summed E-state index contributed by atoms with van der Waals surface area (Å²) in [6.45, 7) is 3.81. The Morgan fingerprint density at radius 3 is 2.53 bits per heavy atom. The average Bonchev–Trinajstić information content (AvgIpc) is 2.29. The van der Waals surface area contributed by atoms with Gasteiger partial charge in [-0.3, -0.25) is 4.79 Å². The molecule has 1 amide bonds. The van der Waals surface area contributed by atoms with Gasteiger partial charge in [0, 0.05) is 12.5 Å². The normalized spacial score (nSPS) is 14.1. The SMILES string of the molecule is CCC(N)CC(=O)N[C@H](C)c1ccc(F)cc1. The lowest BCUT2D eigenvalue weighted by Gasteiger charge is -2.16. The quantitative estimate of drug-likeness (QED) is 0.825. The topological polar surface area (TPSA) is 55.1 Å². The Labute approximate surface area is 101 Å². The highest BCUT2D eigenvalue weighted by atomic mass is 19.1. The van der Waals surface area contributed by atoms with Crippen molar-refractivity contribution in [2.75, 3.05) is 0 Å². The van der Waals surface area contributed by atoms with Crippen LogP contribution in [0, 0.1) is 5.82 Å². The molecule has 0 heterocycles. The van der Waals surface area contributed by atoms with Gasteiger partial charge in [-0.15, -0.1) is 0 Å². The third kappa shape index (κ3) is 4.53. The van der Waals surface area contributed by atoms with Crippen LogP contribution in [-0.4, -0.2) is 11.9 Å². The van der Waals surface area contributed by atoms with Gasteiger partial charge < -0.3 is 11.1 Å². The van der Waals surface area contributed by atoms with Crippen molar-refractivity contribution in [3.05, 3.63) is 35.6 Å². The van der Waals surface area contributed by atoms with E-state index in [2.05, 4.69) is 5.32 Å². The Morgan fingerprint density at radius 2 is 2.00 bits per heavy atom. The minimum Gasteiger partial charge on any atom is -0.350 e. The van der Waals surface area contributed by atoms with E-state index in [1.807, 2.05) is 13.8 Å². The molecule has 0 aliphatic heterocycles. The van der Waals surface area contributed by atoms with Crippen molar-refractivity contribution < 1.29 is 9.18 Å². The number of hydrogen-bond donors (Lipinski definition) is 2. The summed E-state index contributed by atoms with van der Waals surface area (Å²) in [5, 5.41) is 2.84. The van der Waals surface area contributed by atoms with E-state index in [-0.39, 0.29) is 23.8 Å². The van der Waals surface area contributed by atoms with Gasteiger partial charge in [-0.05, 0) is 31.0 Å². The highest BCUT2D eigenvalue weighted by Crippen LogP contribution is 2.13. The van der Waals surface area contributed by atoms with Crippen molar-refractivity contribution in [2.24, 2.45) is 5.73 Å². The molecule has 0 saturated carbocycles.